The number of amides is 1. The molecule has 1 aromatic carbocycles. The molecule has 1 aromatic heterocycles. The normalized spacial score (nSPS) is 20.4. The zero-order valence-corrected chi connectivity index (χ0v) is 20.6. The number of nitrogens with zero attached hydrogens (tertiary/aromatic N) is 4. The van der Waals surface area contributed by atoms with Crippen LogP contribution < -0.4 is 0 Å². The minimum Gasteiger partial charge on any atom is -0.339 e. The van der Waals surface area contributed by atoms with Gasteiger partial charge in [0.25, 0.3) is 0 Å². The molecule has 0 bridgehead atoms. The molecule has 2 aliphatic heterocycles. The molecule has 0 aliphatic carbocycles. The number of rotatable bonds is 6. The fourth-order valence-electron chi connectivity index (χ4n) is 4.28. The summed E-state index contributed by atoms with van der Waals surface area (Å²) in [5, 5.41) is 0. The third-order valence-corrected chi connectivity index (χ3v) is 9.38. The van der Waals surface area contributed by atoms with Crippen molar-refractivity contribution in [2.75, 3.05) is 52.4 Å². The van der Waals surface area contributed by atoms with E-state index in [1.165, 1.54) is 9.18 Å². The average molecular weight is 497 g/mol. The van der Waals surface area contributed by atoms with E-state index in [-0.39, 0.29) is 11.9 Å². The number of thiophene rings is 1. The van der Waals surface area contributed by atoms with Crippen LogP contribution in [0.5, 0.6) is 0 Å². The molecule has 3 heterocycles. The Morgan fingerprint density at radius 3 is 2.22 bits per heavy atom. The van der Waals surface area contributed by atoms with Crippen molar-refractivity contribution in [3.8, 4) is 0 Å². The molecule has 32 heavy (non-hydrogen) atoms. The second-order valence-corrected chi connectivity index (χ2v) is 12.0. The van der Waals surface area contributed by atoms with Gasteiger partial charge in [-0.3, -0.25) is 14.6 Å². The maximum atomic E-state index is 13.1. The largest absolute Gasteiger partial charge is 0.339 e. The van der Waals surface area contributed by atoms with Crippen molar-refractivity contribution < 1.29 is 13.2 Å². The van der Waals surface area contributed by atoms with E-state index < -0.39 is 10.0 Å². The second kappa shape index (κ2) is 10.2. The van der Waals surface area contributed by atoms with Gasteiger partial charge in [-0.1, -0.05) is 29.8 Å². The zero-order valence-electron chi connectivity index (χ0n) is 18.2. The lowest BCUT2D eigenvalue weighted by Crippen LogP contribution is -2.57. The lowest BCUT2D eigenvalue weighted by Gasteiger charge is -2.40. The van der Waals surface area contributed by atoms with Crippen molar-refractivity contribution in [3.63, 3.8) is 0 Å². The summed E-state index contributed by atoms with van der Waals surface area (Å²) >= 11 is 7.64. The molecule has 2 fully saturated rings. The first-order valence-electron chi connectivity index (χ1n) is 10.9. The molecule has 10 heteroatoms. The number of hydrogen-bond donors (Lipinski definition) is 0. The maximum absolute atomic E-state index is 13.1. The van der Waals surface area contributed by atoms with Gasteiger partial charge in [0.15, 0.2) is 0 Å². The third-order valence-electron chi connectivity index (χ3n) is 6.25. The first-order chi connectivity index (χ1) is 15.3. The highest BCUT2D eigenvalue weighted by Crippen LogP contribution is 2.23. The summed E-state index contributed by atoms with van der Waals surface area (Å²) in [5.74, 6) is 0.0836. The van der Waals surface area contributed by atoms with E-state index in [4.69, 9.17) is 11.6 Å². The minimum absolute atomic E-state index is 0.0836. The van der Waals surface area contributed by atoms with Crippen molar-refractivity contribution >= 4 is 38.9 Å². The quantitative estimate of drug-likeness (QED) is 0.614. The number of halogens is 1. The standard InChI is InChI=1S/C22H29ClN4O3S2/c1-18(25-11-9-24(10-12-25)17-19-7-8-21(23)31-19)22(28)26-13-15-27(16-14-26)32(29,30)20-5-3-2-4-6-20/h2-8,18H,9-17H2,1H3/t18-/m1/s1. The number of carbonyl (C=O) groups excluding carboxylic acids is 1. The lowest BCUT2D eigenvalue weighted by molar-refractivity contribution is -0.138. The Bertz CT molecular complexity index is 1010. The van der Waals surface area contributed by atoms with Crippen molar-refractivity contribution in [1.29, 1.82) is 0 Å². The van der Waals surface area contributed by atoms with Crippen LogP contribution in [0.2, 0.25) is 4.34 Å². The molecule has 174 valence electrons. The molecule has 4 rings (SSSR count). The van der Waals surface area contributed by atoms with Crippen LogP contribution in [0.4, 0.5) is 0 Å². The Morgan fingerprint density at radius 1 is 0.969 bits per heavy atom. The predicted molar refractivity (Wildman–Crippen MR) is 127 cm³/mol. The molecule has 0 unspecified atom stereocenters. The molecule has 0 saturated carbocycles. The molecular weight excluding hydrogens is 468 g/mol. The van der Waals surface area contributed by atoms with Gasteiger partial charge in [0, 0.05) is 63.8 Å². The molecule has 0 radical (unpaired) electrons. The number of carbonyl (C=O) groups is 1. The van der Waals surface area contributed by atoms with Crippen LogP contribution in [0.15, 0.2) is 47.4 Å². The van der Waals surface area contributed by atoms with Crippen LogP contribution in [-0.4, -0.2) is 91.7 Å². The topological polar surface area (TPSA) is 64.2 Å². The molecule has 0 N–H and O–H groups in total. The fourth-order valence-corrected chi connectivity index (χ4v) is 6.85. The van der Waals surface area contributed by atoms with E-state index in [0.29, 0.717) is 31.1 Å². The zero-order chi connectivity index (χ0) is 22.7. The summed E-state index contributed by atoms with van der Waals surface area (Å²) in [6.45, 7) is 7.87. The monoisotopic (exact) mass is 496 g/mol. The maximum Gasteiger partial charge on any atom is 0.243 e. The Balaban J connectivity index is 1.26. The van der Waals surface area contributed by atoms with Crippen LogP contribution in [-0.2, 0) is 21.4 Å². The van der Waals surface area contributed by atoms with Gasteiger partial charge in [-0.15, -0.1) is 11.3 Å². The lowest BCUT2D eigenvalue weighted by atomic mass is 10.2. The van der Waals surface area contributed by atoms with Gasteiger partial charge in [-0.2, -0.15) is 4.31 Å². The molecule has 1 amide bonds. The van der Waals surface area contributed by atoms with Gasteiger partial charge in [0.1, 0.15) is 0 Å². The number of piperazine rings is 2. The summed E-state index contributed by atoms with van der Waals surface area (Å²) in [5.41, 5.74) is 0. The molecule has 1 atom stereocenters. The van der Waals surface area contributed by atoms with E-state index in [2.05, 4.69) is 15.9 Å². The summed E-state index contributed by atoms with van der Waals surface area (Å²) in [7, 11) is -3.51. The van der Waals surface area contributed by atoms with E-state index >= 15 is 0 Å². The number of hydrogen-bond acceptors (Lipinski definition) is 6. The molecule has 2 aromatic rings. The summed E-state index contributed by atoms with van der Waals surface area (Å²) in [6, 6.07) is 12.3. The molecule has 7 nitrogen and oxygen atoms in total. The van der Waals surface area contributed by atoms with Gasteiger partial charge < -0.3 is 4.90 Å². The average Bonchev–Trinajstić information content (AvgIpc) is 3.23. The highest BCUT2D eigenvalue weighted by atomic mass is 35.5. The van der Waals surface area contributed by atoms with Crippen LogP contribution in [0.1, 0.15) is 11.8 Å². The van der Waals surface area contributed by atoms with Gasteiger partial charge >= 0.3 is 0 Å². The molecule has 2 saturated heterocycles. The van der Waals surface area contributed by atoms with Crippen LogP contribution in [0.3, 0.4) is 0 Å². The summed E-state index contributed by atoms with van der Waals surface area (Å²) in [4.78, 5) is 21.1. The minimum atomic E-state index is -3.51. The Morgan fingerprint density at radius 2 is 1.62 bits per heavy atom. The van der Waals surface area contributed by atoms with Crippen LogP contribution in [0.25, 0.3) is 0 Å². The van der Waals surface area contributed by atoms with Crippen molar-refractivity contribution in [1.82, 2.24) is 19.0 Å². The number of benzene rings is 1. The summed E-state index contributed by atoms with van der Waals surface area (Å²) < 4.78 is 27.9. The van der Waals surface area contributed by atoms with E-state index in [1.54, 1.807) is 41.7 Å². The SMILES string of the molecule is C[C@H](C(=O)N1CCN(S(=O)(=O)c2ccccc2)CC1)N1CCN(Cc2ccc(Cl)s2)CC1. The molecule has 0 spiro atoms. The Kier molecular flexibility index (Phi) is 7.54. The van der Waals surface area contributed by atoms with Gasteiger partial charge in [0.2, 0.25) is 15.9 Å². The van der Waals surface area contributed by atoms with Crippen molar-refractivity contribution in [2.24, 2.45) is 0 Å². The Hall–Kier alpha value is -1.49. The van der Waals surface area contributed by atoms with E-state index in [0.717, 1.165) is 37.1 Å². The van der Waals surface area contributed by atoms with Gasteiger partial charge in [-0.05, 0) is 31.2 Å². The highest BCUT2D eigenvalue weighted by Gasteiger charge is 2.33. The second-order valence-electron chi connectivity index (χ2n) is 8.24. The molecule has 2 aliphatic rings. The van der Waals surface area contributed by atoms with Crippen LogP contribution in [0, 0.1) is 0 Å². The van der Waals surface area contributed by atoms with Crippen molar-refractivity contribution in [3.05, 3.63) is 51.7 Å². The van der Waals surface area contributed by atoms with Crippen molar-refractivity contribution in [2.45, 2.75) is 24.4 Å². The van der Waals surface area contributed by atoms with Crippen LogP contribution >= 0.6 is 22.9 Å². The third kappa shape index (κ3) is 5.35. The van der Waals surface area contributed by atoms with Gasteiger partial charge in [0.05, 0.1) is 15.3 Å². The first-order valence-corrected chi connectivity index (χ1v) is 13.5. The van der Waals surface area contributed by atoms with Gasteiger partial charge in [-0.25, -0.2) is 8.42 Å². The smallest absolute Gasteiger partial charge is 0.243 e. The predicted octanol–water partition coefficient (Wildman–Crippen LogP) is 2.44. The first kappa shape index (κ1) is 23.7. The highest BCUT2D eigenvalue weighted by molar-refractivity contribution is 7.89. The number of sulfonamides is 1. The summed E-state index contributed by atoms with van der Waals surface area (Å²) in [6.07, 6.45) is 0. The Labute approximate surface area is 199 Å². The molecular formula is C22H29ClN4O3S2. The van der Waals surface area contributed by atoms with E-state index in [9.17, 15) is 13.2 Å². The fraction of sp³-hybridized carbons (Fsp3) is 0.500. The van der Waals surface area contributed by atoms with E-state index in [1.807, 2.05) is 17.9 Å².